The van der Waals surface area contributed by atoms with Crippen molar-refractivity contribution in [2.45, 2.75) is 6.92 Å². The first kappa shape index (κ1) is 17.7. The molecule has 3 rings (SSSR count). The summed E-state index contributed by atoms with van der Waals surface area (Å²) in [5.74, 6) is -0.849. The van der Waals surface area contributed by atoms with Gasteiger partial charge in [0, 0.05) is 0 Å². The number of nitrogens with zero attached hydrogens (tertiary/aromatic N) is 1. The van der Waals surface area contributed by atoms with E-state index in [4.69, 9.17) is 23.8 Å². The Bertz CT molecular complexity index is 897. The van der Waals surface area contributed by atoms with Crippen molar-refractivity contribution in [3.63, 3.8) is 0 Å². The maximum Gasteiger partial charge on any atom is 0.285 e. The number of halogens is 1. The lowest BCUT2D eigenvalue weighted by Gasteiger charge is -2.16. The first-order valence-corrected chi connectivity index (χ1v) is 8.96. The molecule has 1 saturated heterocycles. The number of thioether (sulfide) groups is 1. The Kier molecular flexibility index (Phi) is 5.22. The van der Waals surface area contributed by atoms with Crippen LogP contribution in [0.3, 0.4) is 0 Å². The van der Waals surface area contributed by atoms with Gasteiger partial charge >= 0.3 is 0 Å². The van der Waals surface area contributed by atoms with Crippen LogP contribution in [0.4, 0.5) is 0 Å². The highest BCUT2D eigenvalue weighted by Gasteiger charge is 2.34. The molecule has 1 fully saturated rings. The van der Waals surface area contributed by atoms with Crippen LogP contribution in [0.5, 0.6) is 0 Å². The molecule has 4 nitrogen and oxygen atoms in total. The highest BCUT2D eigenvalue weighted by Crippen LogP contribution is 2.31. The molecular formula is C18H13ClN2O2S2. The van der Waals surface area contributed by atoms with Crippen LogP contribution < -0.4 is 5.43 Å². The second-order valence-corrected chi connectivity index (χ2v) is 7.43. The van der Waals surface area contributed by atoms with E-state index >= 15 is 0 Å². The largest absolute Gasteiger partial charge is 0.285 e. The summed E-state index contributed by atoms with van der Waals surface area (Å²) in [6.07, 6.45) is 1.74. The molecule has 1 aliphatic rings. The molecule has 1 aliphatic heterocycles. The third kappa shape index (κ3) is 3.92. The Hall–Kier alpha value is -2.15. The maximum atomic E-state index is 12.5. The van der Waals surface area contributed by atoms with E-state index in [0.717, 1.165) is 27.9 Å². The third-order valence-corrected chi connectivity index (χ3v) is 5.09. The number of amides is 2. The van der Waals surface area contributed by atoms with E-state index < -0.39 is 5.91 Å². The molecule has 2 aromatic carbocycles. The van der Waals surface area contributed by atoms with Gasteiger partial charge in [0.15, 0.2) is 4.32 Å². The van der Waals surface area contributed by atoms with E-state index in [1.165, 1.54) is 0 Å². The van der Waals surface area contributed by atoms with Crippen LogP contribution in [0.15, 0.2) is 53.4 Å². The number of hydrogen-bond donors (Lipinski definition) is 1. The van der Waals surface area contributed by atoms with Crippen molar-refractivity contribution < 1.29 is 9.59 Å². The molecular weight excluding hydrogens is 376 g/mol. The molecule has 126 valence electrons. The van der Waals surface area contributed by atoms with Crippen molar-refractivity contribution in [2.24, 2.45) is 0 Å². The number of hydrogen-bond acceptors (Lipinski definition) is 4. The zero-order valence-electron chi connectivity index (χ0n) is 13.2. The lowest BCUT2D eigenvalue weighted by molar-refractivity contribution is -0.123. The SMILES string of the molecule is Cc1ccc(C(=O)NN2C(=O)/C(=C\c3ccccc3)SC2=S)c(Cl)c1. The van der Waals surface area contributed by atoms with Gasteiger partial charge in [-0.15, -0.1) is 0 Å². The number of aryl methyl sites for hydroxylation is 1. The molecule has 7 heteroatoms. The molecule has 0 spiro atoms. The van der Waals surface area contributed by atoms with Crippen LogP contribution in [0.1, 0.15) is 21.5 Å². The Morgan fingerprint density at radius 3 is 2.64 bits per heavy atom. The number of carbonyl (C=O) groups is 2. The van der Waals surface area contributed by atoms with Crippen LogP contribution in [0.25, 0.3) is 6.08 Å². The van der Waals surface area contributed by atoms with Crippen molar-refractivity contribution in [2.75, 3.05) is 0 Å². The summed E-state index contributed by atoms with van der Waals surface area (Å²) in [5, 5.41) is 1.40. The molecule has 2 aromatic rings. The van der Waals surface area contributed by atoms with Gasteiger partial charge in [-0.25, -0.2) is 0 Å². The Balaban J connectivity index is 1.79. The molecule has 25 heavy (non-hydrogen) atoms. The van der Waals surface area contributed by atoms with E-state index in [0.29, 0.717) is 9.93 Å². The van der Waals surface area contributed by atoms with Gasteiger partial charge in [-0.2, -0.15) is 5.01 Å². The lowest BCUT2D eigenvalue weighted by Crippen LogP contribution is -2.44. The fraction of sp³-hybridized carbons (Fsp3) is 0.0556. The molecule has 1 N–H and O–H groups in total. The average Bonchev–Trinajstić information content (AvgIpc) is 2.83. The molecule has 2 amide bonds. The first-order valence-electron chi connectivity index (χ1n) is 7.36. The van der Waals surface area contributed by atoms with Crippen molar-refractivity contribution in [3.05, 3.63) is 75.1 Å². The van der Waals surface area contributed by atoms with Crippen LogP contribution >= 0.6 is 35.6 Å². The number of thiocarbonyl (C=S) groups is 1. The summed E-state index contributed by atoms with van der Waals surface area (Å²) in [6.45, 7) is 1.88. The predicted molar refractivity (Wildman–Crippen MR) is 105 cm³/mol. The van der Waals surface area contributed by atoms with Crippen LogP contribution in [-0.4, -0.2) is 21.1 Å². The lowest BCUT2D eigenvalue weighted by atomic mass is 10.1. The Labute approximate surface area is 159 Å². The predicted octanol–water partition coefficient (Wildman–Crippen LogP) is 4.19. The molecule has 0 bridgehead atoms. The molecule has 0 atom stereocenters. The number of nitrogens with one attached hydrogen (secondary N) is 1. The smallest absolute Gasteiger partial charge is 0.267 e. The van der Waals surface area contributed by atoms with E-state index in [2.05, 4.69) is 5.43 Å². The summed E-state index contributed by atoms with van der Waals surface area (Å²) in [7, 11) is 0. The molecule has 0 aliphatic carbocycles. The fourth-order valence-electron chi connectivity index (χ4n) is 2.23. The molecule has 1 heterocycles. The van der Waals surface area contributed by atoms with Gasteiger partial charge in [-0.3, -0.25) is 15.0 Å². The van der Waals surface area contributed by atoms with Gasteiger partial charge in [-0.1, -0.05) is 59.8 Å². The monoisotopic (exact) mass is 388 g/mol. The minimum absolute atomic E-state index is 0.267. The van der Waals surface area contributed by atoms with Gasteiger partial charge in [0.1, 0.15) is 0 Å². The van der Waals surface area contributed by atoms with E-state index in [1.807, 2.05) is 37.3 Å². The summed E-state index contributed by atoms with van der Waals surface area (Å²) in [6, 6.07) is 14.5. The van der Waals surface area contributed by atoms with E-state index in [-0.39, 0.29) is 15.8 Å². The molecule has 0 aromatic heterocycles. The topological polar surface area (TPSA) is 49.4 Å². The zero-order chi connectivity index (χ0) is 18.0. The van der Waals surface area contributed by atoms with Gasteiger partial charge in [0.25, 0.3) is 11.8 Å². The number of rotatable bonds is 3. The normalized spacial score (nSPS) is 15.8. The van der Waals surface area contributed by atoms with Crippen molar-refractivity contribution in [1.82, 2.24) is 10.4 Å². The minimum Gasteiger partial charge on any atom is -0.267 e. The van der Waals surface area contributed by atoms with Crippen LogP contribution in [-0.2, 0) is 4.79 Å². The van der Waals surface area contributed by atoms with Crippen LogP contribution in [0.2, 0.25) is 5.02 Å². The second kappa shape index (κ2) is 7.39. The zero-order valence-corrected chi connectivity index (χ0v) is 15.5. The van der Waals surface area contributed by atoms with E-state index in [9.17, 15) is 9.59 Å². The fourth-order valence-corrected chi connectivity index (χ4v) is 3.73. The second-order valence-electron chi connectivity index (χ2n) is 5.35. The number of hydrazine groups is 1. The third-order valence-electron chi connectivity index (χ3n) is 3.47. The van der Waals surface area contributed by atoms with Crippen molar-refractivity contribution in [3.8, 4) is 0 Å². The molecule has 0 unspecified atom stereocenters. The van der Waals surface area contributed by atoms with Gasteiger partial charge < -0.3 is 0 Å². The minimum atomic E-state index is -0.484. The Morgan fingerprint density at radius 1 is 1.24 bits per heavy atom. The van der Waals surface area contributed by atoms with Crippen LogP contribution in [0, 0.1) is 6.92 Å². The standard InChI is InChI=1S/C18H13ClN2O2S2/c1-11-7-8-13(14(19)9-11)16(22)20-21-17(23)15(25-18(21)24)10-12-5-3-2-4-6-12/h2-10H,1H3,(H,20,22)/b15-10+. The van der Waals surface area contributed by atoms with Gasteiger partial charge in [-0.05, 0) is 48.5 Å². The number of benzene rings is 2. The van der Waals surface area contributed by atoms with Crippen molar-refractivity contribution in [1.29, 1.82) is 0 Å². The highest BCUT2D eigenvalue weighted by atomic mass is 35.5. The molecule has 0 saturated carbocycles. The van der Waals surface area contributed by atoms with Gasteiger partial charge in [0.2, 0.25) is 0 Å². The highest BCUT2D eigenvalue weighted by molar-refractivity contribution is 8.26. The summed E-state index contributed by atoms with van der Waals surface area (Å²) >= 11 is 12.5. The summed E-state index contributed by atoms with van der Waals surface area (Å²) in [4.78, 5) is 25.4. The number of carbonyl (C=O) groups excluding carboxylic acids is 2. The van der Waals surface area contributed by atoms with Crippen molar-refractivity contribution >= 4 is 57.8 Å². The first-order chi connectivity index (χ1) is 12.0. The summed E-state index contributed by atoms with van der Waals surface area (Å²) < 4.78 is 0.267. The van der Waals surface area contributed by atoms with Gasteiger partial charge in [0.05, 0.1) is 15.5 Å². The maximum absolute atomic E-state index is 12.5. The molecule has 0 radical (unpaired) electrons. The Morgan fingerprint density at radius 2 is 1.96 bits per heavy atom. The van der Waals surface area contributed by atoms with E-state index in [1.54, 1.807) is 24.3 Å². The summed E-state index contributed by atoms with van der Waals surface area (Å²) in [5.41, 5.74) is 4.64. The average molecular weight is 389 g/mol. The quantitative estimate of drug-likeness (QED) is 0.632.